The van der Waals surface area contributed by atoms with Gasteiger partial charge < -0.3 is 9.30 Å². The van der Waals surface area contributed by atoms with E-state index < -0.39 is 13.2 Å². The van der Waals surface area contributed by atoms with Crippen LogP contribution in [0.1, 0.15) is 31.9 Å². The highest BCUT2D eigenvalue weighted by molar-refractivity contribution is 7.80. The van der Waals surface area contributed by atoms with E-state index in [0.29, 0.717) is 12.1 Å². The number of carbonyl (C=O) groups excluding carboxylic acids is 1. The van der Waals surface area contributed by atoms with E-state index in [1.54, 1.807) is 6.92 Å². The molecular formula is C26H27N2O3P. The molecule has 0 radical (unpaired) electrons. The van der Waals surface area contributed by atoms with Gasteiger partial charge in [0.25, 0.3) is 0 Å². The largest absolute Gasteiger partial charge is 0.448 e. The summed E-state index contributed by atoms with van der Waals surface area (Å²) in [4.78, 5) is 12.8. The summed E-state index contributed by atoms with van der Waals surface area (Å²) in [5, 5.41) is 7.66. The Morgan fingerprint density at radius 3 is 1.94 bits per heavy atom. The maximum atomic E-state index is 14.9. The molecule has 6 heteroatoms. The van der Waals surface area contributed by atoms with Gasteiger partial charge in [0.1, 0.15) is 0 Å². The maximum absolute atomic E-state index is 14.9. The predicted molar refractivity (Wildman–Crippen MR) is 129 cm³/mol. The quantitative estimate of drug-likeness (QED) is 0.497. The van der Waals surface area contributed by atoms with Crippen molar-refractivity contribution >= 4 is 29.6 Å². The van der Waals surface area contributed by atoms with Gasteiger partial charge in [0.15, 0.2) is 7.14 Å². The van der Waals surface area contributed by atoms with Crippen molar-refractivity contribution in [2.24, 2.45) is 5.10 Å². The van der Waals surface area contributed by atoms with Crippen LogP contribution in [0.4, 0.5) is 4.79 Å². The molecule has 0 unspecified atom stereocenters. The Bertz CT molecular complexity index is 1090. The molecule has 1 aliphatic heterocycles. The standard InChI is InChI=1S/C26H27N2O3P/c1-3-31-26(29)28-24(21-13-7-4-8-14-21)19-25(20(2)27-28)32(30,22-15-9-5-10-16-22)23-17-11-6-12-18-23/h4-18,24-25H,3,19H2,1-2H3/t24-,25-/m0/s1. The number of hydrogen-bond donors (Lipinski definition) is 0. The Hall–Kier alpha value is -3.17. The summed E-state index contributed by atoms with van der Waals surface area (Å²) < 4.78 is 20.2. The van der Waals surface area contributed by atoms with E-state index in [2.05, 4.69) is 5.10 Å². The smallest absolute Gasteiger partial charge is 0.430 e. The number of nitrogens with zero attached hydrogens (tertiary/aromatic N) is 2. The average Bonchev–Trinajstić information content (AvgIpc) is 2.85. The summed E-state index contributed by atoms with van der Waals surface area (Å²) in [6.07, 6.45) is -0.00687. The molecule has 0 N–H and O–H groups in total. The predicted octanol–water partition coefficient (Wildman–Crippen LogP) is 5.35. The summed E-state index contributed by atoms with van der Waals surface area (Å²) in [5.74, 6) is 0. The van der Waals surface area contributed by atoms with Gasteiger partial charge in [-0.25, -0.2) is 4.79 Å². The van der Waals surface area contributed by atoms with E-state index in [9.17, 15) is 9.36 Å². The van der Waals surface area contributed by atoms with Gasteiger partial charge in [-0.3, -0.25) is 0 Å². The van der Waals surface area contributed by atoms with Gasteiger partial charge in [0.05, 0.1) is 18.3 Å². The zero-order chi connectivity index (χ0) is 22.6. The van der Waals surface area contributed by atoms with E-state index in [1.165, 1.54) is 5.01 Å². The third-order valence-corrected chi connectivity index (χ3v) is 9.44. The maximum Gasteiger partial charge on any atom is 0.430 e. The number of hydrazone groups is 1. The highest BCUT2D eigenvalue weighted by Crippen LogP contribution is 2.54. The molecule has 0 fully saturated rings. The molecule has 1 amide bonds. The summed E-state index contributed by atoms with van der Waals surface area (Å²) in [6, 6.07) is 28.6. The second kappa shape index (κ2) is 9.54. The van der Waals surface area contributed by atoms with Crippen molar-refractivity contribution in [2.45, 2.75) is 32.0 Å². The molecule has 0 aliphatic carbocycles. The SMILES string of the molecule is CCOC(=O)N1N=C(C)[C@@H](P(=O)(c2ccccc2)c2ccccc2)C[C@H]1c1ccccc1. The highest BCUT2D eigenvalue weighted by atomic mass is 31.2. The molecule has 32 heavy (non-hydrogen) atoms. The lowest BCUT2D eigenvalue weighted by Gasteiger charge is -2.39. The molecule has 4 rings (SSSR count). The molecule has 3 aromatic carbocycles. The van der Waals surface area contributed by atoms with Crippen molar-refractivity contribution < 1.29 is 14.1 Å². The molecule has 1 heterocycles. The number of carbonyl (C=O) groups is 1. The second-order valence-corrected chi connectivity index (χ2v) is 10.8. The van der Waals surface area contributed by atoms with Gasteiger partial charge >= 0.3 is 6.09 Å². The molecule has 0 bridgehead atoms. The minimum absolute atomic E-state index is 0.265. The van der Waals surface area contributed by atoms with Gasteiger partial charge in [-0.2, -0.15) is 10.1 Å². The first-order valence-corrected chi connectivity index (χ1v) is 12.6. The van der Waals surface area contributed by atoms with E-state index in [-0.39, 0.29) is 18.3 Å². The van der Waals surface area contributed by atoms with Crippen LogP contribution < -0.4 is 10.6 Å². The van der Waals surface area contributed by atoms with Crippen molar-refractivity contribution in [1.82, 2.24) is 5.01 Å². The number of benzene rings is 3. The van der Waals surface area contributed by atoms with Gasteiger partial charge in [-0.15, -0.1) is 0 Å². The monoisotopic (exact) mass is 446 g/mol. The number of ether oxygens (including phenoxy) is 1. The first-order valence-electron chi connectivity index (χ1n) is 10.8. The molecule has 2 atom stereocenters. The molecule has 0 saturated carbocycles. The van der Waals surface area contributed by atoms with E-state index in [1.807, 2.05) is 97.9 Å². The van der Waals surface area contributed by atoms with Crippen LogP contribution in [0.5, 0.6) is 0 Å². The first-order chi connectivity index (χ1) is 15.6. The zero-order valence-electron chi connectivity index (χ0n) is 18.3. The second-order valence-electron chi connectivity index (χ2n) is 7.79. The first kappa shape index (κ1) is 22.0. The lowest BCUT2D eigenvalue weighted by Crippen LogP contribution is -2.43. The van der Waals surface area contributed by atoms with Crippen LogP contribution in [-0.2, 0) is 9.30 Å². The van der Waals surface area contributed by atoms with Crippen LogP contribution in [0.15, 0.2) is 96.1 Å². The number of hydrogen-bond acceptors (Lipinski definition) is 4. The van der Waals surface area contributed by atoms with Gasteiger partial charge in [-0.05, 0) is 25.8 Å². The van der Waals surface area contributed by atoms with Crippen LogP contribution >= 0.6 is 7.14 Å². The highest BCUT2D eigenvalue weighted by Gasteiger charge is 2.45. The van der Waals surface area contributed by atoms with Gasteiger partial charge in [-0.1, -0.05) is 91.0 Å². The van der Waals surface area contributed by atoms with Crippen LogP contribution in [0, 0.1) is 0 Å². The van der Waals surface area contributed by atoms with E-state index in [0.717, 1.165) is 16.2 Å². The summed E-state index contributed by atoms with van der Waals surface area (Å²) >= 11 is 0. The van der Waals surface area contributed by atoms with Crippen LogP contribution in [0.25, 0.3) is 0 Å². The fourth-order valence-corrected chi connectivity index (χ4v) is 7.64. The van der Waals surface area contributed by atoms with Crippen molar-refractivity contribution in [2.75, 3.05) is 6.61 Å². The molecular weight excluding hydrogens is 419 g/mol. The minimum Gasteiger partial charge on any atom is -0.448 e. The van der Waals surface area contributed by atoms with Crippen molar-refractivity contribution in [3.05, 3.63) is 96.6 Å². The summed E-state index contributed by atoms with van der Waals surface area (Å²) in [5.41, 5.74) is 1.26. The molecule has 3 aromatic rings. The van der Waals surface area contributed by atoms with Crippen LogP contribution in [0.3, 0.4) is 0 Å². The Labute approximate surface area is 189 Å². The molecule has 0 saturated heterocycles. The van der Waals surface area contributed by atoms with Crippen LogP contribution in [0.2, 0.25) is 0 Å². The minimum atomic E-state index is -3.10. The fraction of sp³-hybridized carbons (Fsp3) is 0.231. The fourth-order valence-electron chi connectivity index (χ4n) is 4.32. The molecule has 5 nitrogen and oxygen atoms in total. The Morgan fingerprint density at radius 2 is 1.44 bits per heavy atom. The average molecular weight is 446 g/mol. The normalized spacial score (nSPS) is 18.7. The molecule has 1 aliphatic rings. The summed E-state index contributed by atoms with van der Waals surface area (Å²) in [7, 11) is -3.10. The summed E-state index contributed by atoms with van der Waals surface area (Å²) in [6.45, 7) is 3.90. The van der Waals surface area contributed by atoms with Crippen LogP contribution in [-0.4, -0.2) is 29.1 Å². The third kappa shape index (κ3) is 4.13. The van der Waals surface area contributed by atoms with Gasteiger partial charge in [0.2, 0.25) is 0 Å². The van der Waals surface area contributed by atoms with E-state index >= 15 is 0 Å². The third-order valence-electron chi connectivity index (χ3n) is 5.85. The van der Waals surface area contributed by atoms with Crippen molar-refractivity contribution in [1.29, 1.82) is 0 Å². The van der Waals surface area contributed by atoms with Crippen molar-refractivity contribution in [3.63, 3.8) is 0 Å². The topological polar surface area (TPSA) is 59.0 Å². The molecule has 0 spiro atoms. The molecule has 0 aromatic heterocycles. The Kier molecular flexibility index (Phi) is 6.57. The van der Waals surface area contributed by atoms with Gasteiger partial charge in [0, 0.05) is 16.3 Å². The zero-order valence-corrected chi connectivity index (χ0v) is 19.2. The molecule has 164 valence electrons. The lowest BCUT2D eigenvalue weighted by molar-refractivity contribution is 0.0867. The van der Waals surface area contributed by atoms with E-state index in [4.69, 9.17) is 4.74 Å². The lowest BCUT2D eigenvalue weighted by atomic mass is 9.98. The number of rotatable bonds is 5. The Morgan fingerprint density at radius 1 is 0.938 bits per heavy atom. The number of amides is 1. The Balaban J connectivity index is 1.86. The van der Waals surface area contributed by atoms with Crippen molar-refractivity contribution in [3.8, 4) is 0 Å².